The van der Waals surface area contributed by atoms with Gasteiger partial charge in [0.25, 0.3) is 0 Å². The highest BCUT2D eigenvalue weighted by atomic mass is 35.5. The van der Waals surface area contributed by atoms with Crippen LogP contribution >= 0.6 is 23.7 Å². The van der Waals surface area contributed by atoms with E-state index in [1.807, 2.05) is 0 Å². The number of nitrogens with two attached hydrogens (primary N) is 1. The van der Waals surface area contributed by atoms with Gasteiger partial charge in [0.05, 0.1) is 12.1 Å². The molecule has 0 aliphatic heterocycles. The van der Waals surface area contributed by atoms with Gasteiger partial charge in [-0.3, -0.25) is 4.79 Å². The second-order valence-electron chi connectivity index (χ2n) is 4.93. The summed E-state index contributed by atoms with van der Waals surface area (Å²) in [6.45, 7) is 2.68. The molecule has 1 fully saturated rings. The molecule has 1 heterocycles. The minimum absolute atomic E-state index is 0. The lowest BCUT2D eigenvalue weighted by atomic mass is 9.82. The lowest BCUT2D eigenvalue weighted by Gasteiger charge is -2.31. The Morgan fingerprint density at radius 2 is 2.11 bits per heavy atom. The molecule has 1 amide bonds. The van der Waals surface area contributed by atoms with Crippen molar-refractivity contribution in [1.82, 2.24) is 5.32 Å². The molecule has 5 heteroatoms. The van der Waals surface area contributed by atoms with Crippen LogP contribution in [0.1, 0.15) is 42.5 Å². The van der Waals surface area contributed by atoms with Crippen molar-refractivity contribution in [3.8, 4) is 0 Å². The van der Waals surface area contributed by atoms with E-state index in [4.69, 9.17) is 5.73 Å². The predicted octanol–water partition coefficient (Wildman–Crippen LogP) is 2.76. The Morgan fingerprint density at radius 3 is 2.67 bits per heavy atom. The molecule has 0 unspecified atom stereocenters. The van der Waals surface area contributed by atoms with Gasteiger partial charge in [0.1, 0.15) is 0 Å². The molecule has 1 aromatic heterocycles. The Balaban J connectivity index is 0.00000162. The van der Waals surface area contributed by atoms with E-state index < -0.39 is 5.54 Å². The highest BCUT2D eigenvalue weighted by Gasteiger charge is 2.34. The standard InChI is InChI=1S/C13H20N2OS.ClH/c1-10-5-8-17-11(10)9-15-12(16)13(14)6-3-2-4-7-13;/h5,8H,2-4,6-7,9,14H2,1H3,(H,15,16);1H. The Kier molecular flexibility index (Phi) is 5.63. The van der Waals surface area contributed by atoms with Gasteiger partial charge in [0.2, 0.25) is 5.91 Å². The van der Waals surface area contributed by atoms with Gasteiger partial charge in [-0.05, 0) is 36.8 Å². The lowest BCUT2D eigenvalue weighted by molar-refractivity contribution is -0.127. The number of thiophene rings is 1. The quantitative estimate of drug-likeness (QED) is 0.898. The first-order chi connectivity index (χ1) is 8.12. The smallest absolute Gasteiger partial charge is 0.240 e. The van der Waals surface area contributed by atoms with Crippen LogP contribution in [0.15, 0.2) is 11.4 Å². The van der Waals surface area contributed by atoms with Gasteiger partial charge < -0.3 is 11.1 Å². The van der Waals surface area contributed by atoms with Crippen LogP contribution < -0.4 is 11.1 Å². The maximum atomic E-state index is 12.1. The van der Waals surface area contributed by atoms with Crippen molar-refractivity contribution in [3.05, 3.63) is 21.9 Å². The van der Waals surface area contributed by atoms with Crippen molar-refractivity contribution in [2.75, 3.05) is 0 Å². The fourth-order valence-electron chi connectivity index (χ4n) is 2.33. The molecular weight excluding hydrogens is 268 g/mol. The fourth-order valence-corrected chi connectivity index (χ4v) is 3.18. The lowest BCUT2D eigenvalue weighted by Crippen LogP contribution is -2.54. The normalized spacial score (nSPS) is 17.9. The number of carbonyl (C=O) groups excluding carboxylic acids is 1. The van der Waals surface area contributed by atoms with Crippen molar-refractivity contribution < 1.29 is 4.79 Å². The SMILES string of the molecule is Cc1ccsc1CNC(=O)C1(N)CCCCC1.Cl. The van der Waals surface area contributed by atoms with Crippen LogP contribution in [-0.2, 0) is 11.3 Å². The molecule has 2 rings (SSSR count). The third-order valence-electron chi connectivity index (χ3n) is 3.58. The molecule has 0 bridgehead atoms. The molecule has 3 N–H and O–H groups in total. The number of halogens is 1. The monoisotopic (exact) mass is 288 g/mol. The summed E-state index contributed by atoms with van der Waals surface area (Å²) in [6, 6.07) is 2.07. The van der Waals surface area contributed by atoms with Crippen molar-refractivity contribution in [3.63, 3.8) is 0 Å². The first-order valence-corrected chi connectivity index (χ1v) is 7.10. The van der Waals surface area contributed by atoms with Gasteiger partial charge >= 0.3 is 0 Å². The summed E-state index contributed by atoms with van der Waals surface area (Å²) < 4.78 is 0. The van der Waals surface area contributed by atoms with Gasteiger partial charge in [0.15, 0.2) is 0 Å². The summed E-state index contributed by atoms with van der Waals surface area (Å²) in [5.74, 6) is 0.0185. The topological polar surface area (TPSA) is 55.1 Å². The molecule has 0 atom stereocenters. The van der Waals surface area contributed by atoms with E-state index >= 15 is 0 Å². The van der Waals surface area contributed by atoms with Crippen LogP contribution in [-0.4, -0.2) is 11.4 Å². The van der Waals surface area contributed by atoms with Crippen LogP contribution in [0.2, 0.25) is 0 Å². The van der Waals surface area contributed by atoms with Gasteiger partial charge in [-0.25, -0.2) is 0 Å². The van der Waals surface area contributed by atoms with Crippen LogP contribution in [0.4, 0.5) is 0 Å². The van der Waals surface area contributed by atoms with Crippen molar-refractivity contribution >= 4 is 29.7 Å². The van der Waals surface area contributed by atoms with Crippen LogP contribution in [0.3, 0.4) is 0 Å². The Bertz CT molecular complexity index is 399. The molecule has 0 radical (unpaired) electrons. The van der Waals surface area contributed by atoms with Crippen molar-refractivity contribution in [2.45, 2.75) is 51.1 Å². The summed E-state index contributed by atoms with van der Waals surface area (Å²) in [5.41, 5.74) is 6.79. The molecule has 1 saturated carbocycles. The first-order valence-electron chi connectivity index (χ1n) is 6.22. The maximum absolute atomic E-state index is 12.1. The van der Waals surface area contributed by atoms with Crippen molar-refractivity contribution in [2.24, 2.45) is 5.73 Å². The molecule has 1 aliphatic carbocycles. The second kappa shape index (κ2) is 6.55. The molecule has 3 nitrogen and oxygen atoms in total. The first kappa shape index (κ1) is 15.5. The minimum atomic E-state index is -0.622. The van der Waals surface area contributed by atoms with Gasteiger partial charge in [-0.2, -0.15) is 0 Å². The molecule has 18 heavy (non-hydrogen) atoms. The number of hydrogen-bond donors (Lipinski definition) is 2. The summed E-state index contributed by atoms with van der Waals surface area (Å²) in [5, 5.41) is 5.03. The predicted molar refractivity (Wildman–Crippen MR) is 78.2 cm³/mol. The Morgan fingerprint density at radius 1 is 1.44 bits per heavy atom. The van der Waals surface area contributed by atoms with E-state index in [0.717, 1.165) is 25.7 Å². The molecule has 0 spiro atoms. The van der Waals surface area contributed by atoms with E-state index in [1.165, 1.54) is 16.9 Å². The minimum Gasteiger partial charge on any atom is -0.350 e. The van der Waals surface area contributed by atoms with E-state index in [0.29, 0.717) is 6.54 Å². The van der Waals surface area contributed by atoms with E-state index in [2.05, 4.69) is 23.7 Å². The van der Waals surface area contributed by atoms with Gasteiger partial charge in [0, 0.05) is 4.88 Å². The average Bonchev–Trinajstić information content (AvgIpc) is 2.73. The Labute approximate surface area is 119 Å². The third kappa shape index (κ3) is 3.46. The van der Waals surface area contributed by atoms with Crippen LogP contribution in [0.5, 0.6) is 0 Å². The third-order valence-corrected chi connectivity index (χ3v) is 4.60. The van der Waals surface area contributed by atoms with E-state index in [-0.39, 0.29) is 18.3 Å². The van der Waals surface area contributed by atoms with Crippen LogP contribution in [0.25, 0.3) is 0 Å². The second-order valence-corrected chi connectivity index (χ2v) is 5.93. The number of carbonyl (C=O) groups is 1. The fraction of sp³-hybridized carbons (Fsp3) is 0.615. The number of hydrogen-bond acceptors (Lipinski definition) is 3. The average molecular weight is 289 g/mol. The summed E-state index contributed by atoms with van der Waals surface area (Å²) >= 11 is 1.68. The molecule has 1 aliphatic rings. The number of nitrogens with one attached hydrogen (secondary N) is 1. The van der Waals surface area contributed by atoms with Gasteiger partial charge in [-0.15, -0.1) is 23.7 Å². The Hall–Kier alpha value is -0.580. The maximum Gasteiger partial charge on any atom is 0.240 e. The molecule has 1 aromatic rings. The number of amides is 1. The largest absolute Gasteiger partial charge is 0.350 e. The highest BCUT2D eigenvalue weighted by Crippen LogP contribution is 2.26. The van der Waals surface area contributed by atoms with Gasteiger partial charge in [-0.1, -0.05) is 19.3 Å². The summed E-state index contributed by atoms with van der Waals surface area (Å²) in [6.07, 6.45) is 4.99. The zero-order valence-corrected chi connectivity index (χ0v) is 12.3. The molecule has 0 saturated heterocycles. The summed E-state index contributed by atoms with van der Waals surface area (Å²) in [7, 11) is 0. The molecular formula is C13H21ClN2OS. The van der Waals surface area contributed by atoms with Crippen LogP contribution in [0, 0.1) is 6.92 Å². The summed E-state index contributed by atoms with van der Waals surface area (Å²) in [4.78, 5) is 13.3. The van der Waals surface area contributed by atoms with E-state index in [9.17, 15) is 4.79 Å². The van der Waals surface area contributed by atoms with Crippen molar-refractivity contribution in [1.29, 1.82) is 0 Å². The highest BCUT2D eigenvalue weighted by molar-refractivity contribution is 7.10. The van der Waals surface area contributed by atoms with E-state index in [1.54, 1.807) is 11.3 Å². The zero-order chi connectivity index (χ0) is 12.3. The number of rotatable bonds is 3. The molecule has 0 aromatic carbocycles. The molecule has 102 valence electrons. The number of aryl methyl sites for hydroxylation is 1. The zero-order valence-electron chi connectivity index (χ0n) is 10.7.